The van der Waals surface area contributed by atoms with Crippen LogP contribution in [0.25, 0.3) is 0 Å². The fourth-order valence-electron chi connectivity index (χ4n) is 3.67. The molecule has 0 aromatic heterocycles. The Labute approximate surface area is 166 Å². The summed E-state index contributed by atoms with van der Waals surface area (Å²) in [4.78, 5) is 0. The minimum absolute atomic E-state index is 0.00106. The molecule has 1 N–H and O–H groups in total. The first kappa shape index (κ1) is 25.9. The van der Waals surface area contributed by atoms with Gasteiger partial charge in [0.2, 0.25) is 0 Å². The van der Waals surface area contributed by atoms with Crippen molar-refractivity contribution in [3.63, 3.8) is 0 Å². The van der Waals surface area contributed by atoms with Crippen molar-refractivity contribution < 1.29 is 9.53 Å². The van der Waals surface area contributed by atoms with Gasteiger partial charge in [-0.05, 0) is 48.1 Å². The Morgan fingerprint density at radius 1 is 0.885 bits per heavy atom. The van der Waals surface area contributed by atoms with Crippen LogP contribution >= 0.6 is 0 Å². The third-order valence-corrected chi connectivity index (χ3v) is 17.5. The number of hydrogen-bond acceptors (Lipinski definition) is 2. The van der Waals surface area contributed by atoms with Gasteiger partial charge < -0.3 is 9.53 Å². The van der Waals surface area contributed by atoms with Gasteiger partial charge in [0.05, 0.1) is 6.10 Å². The van der Waals surface area contributed by atoms with E-state index in [4.69, 9.17) is 4.43 Å². The van der Waals surface area contributed by atoms with E-state index in [2.05, 4.69) is 93.8 Å². The second-order valence-electron chi connectivity index (χ2n) is 10.4. The van der Waals surface area contributed by atoms with Crippen LogP contribution in [0.1, 0.15) is 75.7 Å². The summed E-state index contributed by atoms with van der Waals surface area (Å²) in [6, 6.07) is 0. The summed E-state index contributed by atoms with van der Waals surface area (Å²) >= 11 is 0. The highest BCUT2D eigenvalue weighted by atomic mass is 28.4. The molecule has 2 atom stereocenters. The molecule has 0 saturated heterocycles. The molecular formula is C22H46O2Si2. The van der Waals surface area contributed by atoms with Crippen molar-refractivity contribution in [2.45, 2.75) is 117 Å². The van der Waals surface area contributed by atoms with Gasteiger partial charge in [0, 0.05) is 12.5 Å². The van der Waals surface area contributed by atoms with Crippen molar-refractivity contribution >= 4 is 16.4 Å². The Bertz CT molecular complexity index is 457. The van der Waals surface area contributed by atoms with Crippen LogP contribution in [0, 0.1) is 17.4 Å². The monoisotopic (exact) mass is 398 g/mol. The van der Waals surface area contributed by atoms with E-state index in [0.717, 1.165) is 0 Å². The molecule has 0 unspecified atom stereocenters. The third kappa shape index (κ3) is 6.51. The van der Waals surface area contributed by atoms with Gasteiger partial charge >= 0.3 is 0 Å². The molecule has 4 heteroatoms. The highest BCUT2D eigenvalue weighted by Crippen LogP contribution is 2.41. The molecule has 0 rings (SSSR count). The van der Waals surface area contributed by atoms with Crippen LogP contribution in [0.4, 0.5) is 0 Å². The predicted octanol–water partition coefficient (Wildman–Crippen LogP) is 6.62. The zero-order chi connectivity index (χ0) is 20.9. The summed E-state index contributed by atoms with van der Waals surface area (Å²) in [5, 5.41) is 10.8. The first-order valence-corrected chi connectivity index (χ1v) is 15.6. The quantitative estimate of drug-likeness (QED) is 0.368. The van der Waals surface area contributed by atoms with Crippen molar-refractivity contribution in [1.82, 2.24) is 0 Å². The lowest BCUT2D eigenvalue weighted by atomic mass is 10.0. The summed E-state index contributed by atoms with van der Waals surface area (Å²) in [6.45, 7) is 27.9. The van der Waals surface area contributed by atoms with E-state index in [-0.39, 0.29) is 11.0 Å². The SMILES string of the molecule is CC(C)[Si](C#C[C@@H](C)[C@@H](O)CCO[Si](C)(C)C(C)(C)C)(C(C)C)C(C)C. The summed E-state index contributed by atoms with van der Waals surface area (Å²) in [5.74, 6) is 3.46. The van der Waals surface area contributed by atoms with E-state index in [9.17, 15) is 5.11 Å². The molecule has 0 bridgehead atoms. The topological polar surface area (TPSA) is 29.5 Å². The van der Waals surface area contributed by atoms with Gasteiger partial charge in [-0.3, -0.25) is 0 Å². The Balaban J connectivity index is 5.02. The molecule has 0 spiro atoms. The molecule has 0 heterocycles. The fourth-order valence-corrected chi connectivity index (χ4v) is 10.1. The molecule has 26 heavy (non-hydrogen) atoms. The van der Waals surface area contributed by atoms with Crippen LogP contribution in [-0.2, 0) is 4.43 Å². The highest BCUT2D eigenvalue weighted by Gasteiger charge is 2.42. The maximum atomic E-state index is 10.6. The number of aliphatic hydroxyl groups excluding tert-OH is 1. The van der Waals surface area contributed by atoms with E-state index < -0.39 is 22.5 Å². The molecule has 0 aromatic rings. The van der Waals surface area contributed by atoms with E-state index in [1.807, 2.05) is 0 Å². The van der Waals surface area contributed by atoms with E-state index in [1.54, 1.807) is 0 Å². The van der Waals surface area contributed by atoms with Crippen molar-refractivity contribution in [3.05, 3.63) is 0 Å². The summed E-state index contributed by atoms with van der Waals surface area (Å²) in [7, 11) is -3.46. The standard InChI is InChI=1S/C22H46O2Si2/c1-17(2)26(18(3)4,19(5)6)16-14-20(7)21(23)13-15-24-25(11,12)22(8,9)10/h17-21,23H,13,15H2,1-12H3/t20-,21+/m1/s1. The van der Waals surface area contributed by atoms with Crippen molar-refractivity contribution in [2.24, 2.45) is 5.92 Å². The molecule has 0 aliphatic carbocycles. The van der Waals surface area contributed by atoms with E-state index in [1.165, 1.54) is 0 Å². The molecule has 0 fully saturated rings. The van der Waals surface area contributed by atoms with Crippen LogP contribution in [0.15, 0.2) is 0 Å². The second-order valence-corrected chi connectivity index (χ2v) is 20.8. The van der Waals surface area contributed by atoms with Crippen LogP contribution in [0.5, 0.6) is 0 Å². The molecule has 0 saturated carbocycles. The zero-order valence-corrected chi connectivity index (χ0v) is 21.7. The average Bonchev–Trinajstić information content (AvgIpc) is 2.44. The number of hydrogen-bond donors (Lipinski definition) is 1. The lowest BCUT2D eigenvalue weighted by Crippen LogP contribution is -2.43. The maximum Gasteiger partial charge on any atom is 0.191 e. The van der Waals surface area contributed by atoms with E-state index in [0.29, 0.717) is 29.7 Å². The smallest absolute Gasteiger partial charge is 0.191 e. The third-order valence-electron chi connectivity index (χ3n) is 6.64. The minimum Gasteiger partial charge on any atom is -0.417 e. The molecule has 2 nitrogen and oxygen atoms in total. The molecule has 0 aliphatic heterocycles. The Kier molecular flexibility index (Phi) is 9.88. The Morgan fingerprint density at radius 2 is 1.31 bits per heavy atom. The van der Waals surface area contributed by atoms with Gasteiger partial charge in [-0.15, -0.1) is 11.5 Å². The minimum atomic E-state index is -1.74. The predicted molar refractivity (Wildman–Crippen MR) is 122 cm³/mol. The Hall–Kier alpha value is -0.0862. The first-order valence-electron chi connectivity index (χ1n) is 10.4. The number of aliphatic hydroxyl groups is 1. The van der Waals surface area contributed by atoms with Crippen LogP contribution < -0.4 is 0 Å². The lowest BCUT2D eigenvalue weighted by Gasteiger charge is -2.38. The molecular weight excluding hydrogens is 352 g/mol. The van der Waals surface area contributed by atoms with Crippen LogP contribution in [0.3, 0.4) is 0 Å². The van der Waals surface area contributed by atoms with E-state index >= 15 is 0 Å². The lowest BCUT2D eigenvalue weighted by molar-refractivity contribution is 0.108. The fraction of sp³-hybridized carbons (Fsp3) is 0.909. The van der Waals surface area contributed by atoms with Gasteiger partial charge in [0.1, 0.15) is 8.07 Å². The normalized spacial score (nSPS) is 16.0. The molecule has 0 aromatic carbocycles. The zero-order valence-electron chi connectivity index (χ0n) is 19.7. The molecule has 154 valence electrons. The van der Waals surface area contributed by atoms with Gasteiger partial charge in [-0.2, -0.15) is 0 Å². The van der Waals surface area contributed by atoms with Gasteiger partial charge in [0.15, 0.2) is 8.32 Å². The van der Waals surface area contributed by atoms with Crippen LogP contribution in [-0.4, -0.2) is 34.2 Å². The number of rotatable bonds is 8. The summed E-state index contributed by atoms with van der Waals surface area (Å²) in [6.07, 6.45) is 0.257. The summed E-state index contributed by atoms with van der Waals surface area (Å²) < 4.78 is 6.21. The van der Waals surface area contributed by atoms with Gasteiger partial charge in [0.25, 0.3) is 0 Å². The molecule has 0 aliphatic rings. The molecule has 0 amide bonds. The van der Waals surface area contributed by atoms with Crippen molar-refractivity contribution in [1.29, 1.82) is 0 Å². The van der Waals surface area contributed by atoms with Gasteiger partial charge in [-0.1, -0.05) is 62.3 Å². The largest absolute Gasteiger partial charge is 0.417 e. The first-order chi connectivity index (χ1) is 11.6. The summed E-state index contributed by atoms with van der Waals surface area (Å²) in [5.41, 5.74) is 5.62. The van der Waals surface area contributed by atoms with Gasteiger partial charge in [-0.25, -0.2) is 0 Å². The maximum absolute atomic E-state index is 10.6. The van der Waals surface area contributed by atoms with Crippen molar-refractivity contribution in [3.8, 4) is 11.5 Å². The van der Waals surface area contributed by atoms with Crippen molar-refractivity contribution in [2.75, 3.05) is 6.61 Å². The Morgan fingerprint density at radius 3 is 1.65 bits per heavy atom. The second kappa shape index (κ2) is 9.91. The average molecular weight is 399 g/mol. The highest BCUT2D eigenvalue weighted by molar-refractivity contribution is 6.90. The molecule has 0 radical (unpaired) electrons. The van der Waals surface area contributed by atoms with Crippen LogP contribution in [0.2, 0.25) is 34.8 Å².